The predicted octanol–water partition coefficient (Wildman–Crippen LogP) is 2.44. The van der Waals surface area contributed by atoms with E-state index in [0.717, 1.165) is 28.6 Å². The van der Waals surface area contributed by atoms with E-state index in [2.05, 4.69) is 15.3 Å². The van der Waals surface area contributed by atoms with Gasteiger partial charge in [-0.3, -0.25) is 9.20 Å². The topological polar surface area (TPSA) is 76.4 Å². The SMILES string of the molecule is Cc1cc(C)cc(NC(=O)CSc2nc(=O)n3ccccc3n2)c1. The van der Waals surface area contributed by atoms with Crippen LogP contribution in [0.25, 0.3) is 5.65 Å². The van der Waals surface area contributed by atoms with Crippen LogP contribution in [0, 0.1) is 13.8 Å². The Kier molecular flexibility index (Phi) is 4.61. The Hall–Kier alpha value is -2.67. The summed E-state index contributed by atoms with van der Waals surface area (Å²) >= 11 is 1.14. The largest absolute Gasteiger partial charge is 0.355 e. The van der Waals surface area contributed by atoms with Crippen LogP contribution in [0.15, 0.2) is 52.5 Å². The van der Waals surface area contributed by atoms with Crippen LogP contribution in [0.4, 0.5) is 5.69 Å². The molecule has 0 atom stereocenters. The lowest BCUT2D eigenvalue weighted by Crippen LogP contribution is -2.20. The molecule has 0 bridgehead atoms. The summed E-state index contributed by atoms with van der Waals surface area (Å²) in [5.74, 6) is -0.0306. The Morgan fingerprint density at radius 2 is 1.92 bits per heavy atom. The first-order chi connectivity index (χ1) is 11.5. The highest BCUT2D eigenvalue weighted by Crippen LogP contribution is 2.16. The molecule has 0 spiro atoms. The molecule has 24 heavy (non-hydrogen) atoms. The van der Waals surface area contributed by atoms with E-state index in [4.69, 9.17) is 0 Å². The number of carbonyl (C=O) groups is 1. The maximum atomic E-state index is 12.1. The first-order valence-corrected chi connectivity index (χ1v) is 8.36. The van der Waals surface area contributed by atoms with Crippen LogP contribution < -0.4 is 11.0 Å². The van der Waals surface area contributed by atoms with Crippen molar-refractivity contribution in [2.24, 2.45) is 0 Å². The second-order valence-electron chi connectivity index (χ2n) is 5.43. The van der Waals surface area contributed by atoms with E-state index in [0.29, 0.717) is 10.8 Å². The molecule has 0 unspecified atom stereocenters. The van der Waals surface area contributed by atoms with E-state index >= 15 is 0 Å². The minimum atomic E-state index is -0.405. The number of fused-ring (bicyclic) bond motifs is 1. The zero-order valence-electron chi connectivity index (χ0n) is 13.3. The van der Waals surface area contributed by atoms with E-state index < -0.39 is 5.69 Å². The molecule has 0 aliphatic heterocycles. The number of nitrogens with one attached hydrogen (secondary N) is 1. The number of hydrogen-bond donors (Lipinski definition) is 1. The molecule has 0 fully saturated rings. The van der Waals surface area contributed by atoms with Gasteiger partial charge in [0.05, 0.1) is 5.75 Å². The van der Waals surface area contributed by atoms with Crippen molar-refractivity contribution < 1.29 is 4.79 Å². The van der Waals surface area contributed by atoms with E-state index in [-0.39, 0.29) is 11.7 Å². The van der Waals surface area contributed by atoms with Crippen LogP contribution in [-0.2, 0) is 4.79 Å². The number of anilines is 1. The molecule has 0 saturated carbocycles. The fourth-order valence-corrected chi connectivity index (χ4v) is 3.02. The molecule has 0 aliphatic rings. The van der Waals surface area contributed by atoms with Crippen molar-refractivity contribution in [3.05, 3.63) is 64.2 Å². The van der Waals surface area contributed by atoms with Gasteiger partial charge in [-0.15, -0.1) is 0 Å². The van der Waals surface area contributed by atoms with Crippen molar-refractivity contribution in [3.8, 4) is 0 Å². The molecule has 6 nitrogen and oxygen atoms in total. The Morgan fingerprint density at radius 3 is 2.67 bits per heavy atom. The molecule has 3 rings (SSSR count). The van der Waals surface area contributed by atoms with Gasteiger partial charge in [-0.05, 0) is 49.2 Å². The molecule has 0 aliphatic carbocycles. The van der Waals surface area contributed by atoms with Crippen LogP contribution in [0.2, 0.25) is 0 Å². The number of rotatable bonds is 4. The minimum absolute atomic E-state index is 0.134. The van der Waals surface area contributed by atoms with Crippen LogP contribution in [0.3, 0.4) is 0 Å². The summed E-state index contributed by atoms with van der Waals surface area (Å²) in [6.45, 7) is 3.96. The van der Waals surface area contributed by atoms with E-state index in [1.807, 2.05) is 32.0 Å². The van der Waals surface area contributed by atoms with E-state index in [9.17, 15) is 9.59 Å². The Morgan fingerprint density at radius 1 is 1.17 bits per heavy atom. The van der Waals surface area contributed by atoms with Crippen molar-refractivity contribution in [3.63, 3.8) is 0 Å². The van der Waals surface area contributed by atoms with Gasteiger partial charge in [-0.1, -0.05) is 23.9 Å². The van der Waals surface area contributed by atoms with Gasteiger partial charge in [0.1, 0.15) is 5.65 Å². The molecule has 7 heteroatoms. The second-order valence-corrected chi connectivity index (χ2v) is 6.37. The summed E-state index contributed by atoms with van der Waals surface area (Å²) in [5, 5.41) is 3.14. The van der Waals surface area contributed by atoms with Crippen molar-refractivity contribution >= 4 is 29.0 Å². The number of benzene rings is 1. The highest BCUT2D eigenvalue weighted by Gasteiger charge is 2.08. The molecular weight excluding hydrogens is 324 g/mol. The molecule has 0 radical (unpaired) electrons. The van der Waals surface area contributed by atoms with Crippen LogP contribution in [-0.4, -0.2) is 26.0 Å². The van der Waals surface area contributed by atoms with Gasteiger partial charge in [0.15, 0.2) is 5.16 Å². The van der Waals surface area contributed by atoms with Gasteiger partial charge in [-0.25, -0.2) is 9.78 Å². The fourth-order valence-electron chi connectivity index (χ4n) is 2.38. The van der Waals surface area contributed by atoms with Gasteiger partial charge in [-0.2, -0.15) is 4.98 Å². The van der Waals surface area contributed by atoms with Crippen LogP contribution in [0.5, 0.6) is 0 Å². The van der Waals surface area contributed by atoms with Gasteiger partial charge in [0.2, 0.25) is 5.91 Å². The number of thioether (sulfide) groups is 1. The molecule has 0 saturated heterocycles. The average Bonchev–Trinajstić information content (AvgIpc) is 2.52. The van der Waals surface area contributed by atoms with Gasteiger partial charge in [0.25, 0.3) is 0 Å². The highest BCUT2D eigenvalue weighted by atomic mass is 32.2. The maximum absolute atomic E-state index is 12.1. The number of amides is 1. The lowest BCUT2D eigenvalue weighted by atomic mass is 10.1. The Balaban J connectivity index is 1.69. The molecule has 1 aromatic carbocycles. The summed E-state index contributed by atoms with van der Waals surface area (Å²) in [6.07, 6.45) is 1.61. The lowest BCUT2D eigenvalue weighted by Gasteiger charge is -2.07. The van der Waals surface area contributed by atoms with Crippen molar-refractivity contribution in [1.82, 2.24) is 14.4 Å². The summed E-state index contributed by atoms with van der Waals surface area (Å²) in [6, 6.07) is 11.1. The number of nitrogens with zero attached hydrogens (tertiary/aromatic N) is 3. The quantitative estimate of drug-likeness (QED) is 0.738. The van der Waals surface area contributed by atoms with Gasteiger partial charge < -0.3 is 5.32 Å². The van der Waals surface area contributed by atoms with Crippen molar-refractivity contribution in [2.45, 2.75) is 19.0 Å². The fraction of sp³-hybridized carbons (Fsp3) is 0.176. The van der Waals surface area contributed by atoms with Crippen LogP contribution >= 0.6 is 11.8 Å². The lowest BCUT2D eigenvalue weighted by molar-refractivity contribution is -0.113. The van der Waals surface area contributed by atoms with Gasteiger partial charge >= 0.3 is 5.69 Å². The number of carbonyl (C=O) groups excluding carboxylic acids is 1. The van der Waals surface area contributed by atoms with Crippen LogP contribution in [0.1, 0.15) is 11.1 Å². The van der Waals surface area contributed by atoms with Gasteiger partial charge in [0, 0.05) is 11.9 Å². The zero-order valence-corrected chi connectivity index (χ0v) is 14.1. The molecule has 122 valence electrons. The number of hydrogen-bond acceptors (Lipinski definition) is 5. The normalized spacial score (nSPS) is 10.8. The third-order valence-electron chi connectivity index (χ3n) is 3.28. The first-order valence-electron chi connectivity index (χ1n) is 7.38. The van der Waals surface area contributed by atoms with Crippen molar-refractivity contribution in [1.29, 1.82) is 0 Å². The molecule has 1 amide bonds. The number of aryl methyl sites for hydroxylation is 2. The van der Waals surface area contributed by atoms with E-state index in [1.165, 1.54) is 4.40 Å². The summed E-state index contributed by atoms with van der Waals surface area (Å²) < 4.78 is 1.36. The standard InChI is InChI=1S/C17H16N4O2S/c1-11-7-12(2)9-13(8-11)18-15(22)10-24-16-19-14-5-3-4-6-21(14)17(23)20-16/h3-9H,10H2,1-2H3,(H,18,22). The van der Waals surface area contributed by atoms with E-state index in [1.54, 1.807) is 24.4 Å². The molecule has 3 aromatic rings. The smallest absolute Gasteiger partial charge is 0.325 e. The average molecular weight is 340 g/mol. The monoisotopic (exact) mass is 340 g/mol. The second kappa shape index (κ2) is 6.84. The predicted molar refractivity (Wildman–Crippen MR) is 94.5 cm³/mol. The van der Waals surface area contributed by atoms with Crippen molar-refractivity contribution in [2.75, 3.05) is 11.1 Å². The number of pyridine rings is 1. The minimum Gasteiger partial charge on any atom is -0.325 e. The summed E-state index contributed by atoms with van der Waals surface area (Å²) in [7, 11) is 0. The Bertz CT molecular complexity index is 948. The highest BCUT2D eigenvalue weighted by molar-refractivity contribution is 7.99. The Labute approximate surface area is 143 Å². The molecule has 2 aromatic heterocycles. The number of aromatic nitrogens is 3. The molecule has 2 heterocycles. The maximum Gasteiger partial charge on any atom is 0.355 e. The first kappa shape index (κ1) is 16.2. The summed E-state index contributed by atoms with van der Waals surface area (Å²) in [4.78, 5) is 32.2. The third kappa shape index (κ3) is 3.80. The third-order valence-corrected chi connectivity index (χ3v) is 4.13. The summed E-state index contributed by atoms with van der Waals surface area (Å²) in [5.41, 5.74) is 3.04. The zero-order chi connectivity index (χ0) is 17.1. The molecular formula is C17H16N4O2S. The molecule has 1 N–H and O–H groups in total.